The van der Waals surface area contributed by atoms with Gasteiger partial charge in [0.2, 0.25) is 10.0 Å². The molecule has 0 aromatic carbocycles. The normalized spacial score (nSPS) is 15.7. The van der Waals surface area contributed by atoms with E-state index >= 15 is 0 Å². The van der Waals surface area contributed by atoms with Crippen LogP contribution in [0.15, 0.2) is 17.2 Å². The van der Waals surface area contributed by atoms with E-state index in [1.807, 2.05) is 10.8 Å². The highest BCUT2D eigenvalue weighted by Gasteiger charge is 2.27. The molecule has 20 heavy (non-hydrogen) atoms. The number of aliphatic hydroxyl groups excluding tert-OH is 1. The number of thioether (sulfide) groups is 1. The zero-order chi connectivity index (χ0) is 14.6. The van der Waals surface area contributed by atoms with Crippen LogP contribution in [0.2, 0.25) is 0 Å². The highest BCUT2D eigenvalue weighted by molar-refractivity contribution is 7.98. The summed E-state index contributed by atoms with van der Waals surface area (Å²) < 4.78 is 28.9. The fourth-order valence-corrected chi connectivity index (χ4v) is 3.74. The second-order valence-corrected chi connectivity index (χ2v) is 7.81. The Kier molecular flexibility index (Phi) is 5.54. The highest BCUT2D eigenvalue weighted by Crippen LogP contribution is 2.37. The van der Waals surface area contributed by atoms with Gasteiger partial charge in [-0.05, 0) is 43.8 Å². The number of aromatic nitrogens is 1. The number of unbranched alkanes of at least 4 members (excludes halogenated alkanes) is 1. The van der Waals surface area contributed by atoms with Gasteiger partial charge < -0.3 is 9.67 Å². The Balaban J connectivity index is 1.98. The zero-order valence-electron chi connectivity index (χ0n) is 11.7. The molecule has 1 aliphatic carbocycles. The molecule has 0 atom stereocenters. The van der Waals surface area contributed by atoms with Crippen LogP contribution >= 0.6 is 11.8 Å². The molecule has 0 aliphatic heterocycles. The first-order chi connectivity index (χ1) is 9.58. The molecule has 1 saturated carbocycles. The molecule has 5 nitrogen and oxygen atoms in total. The Morgan fingerprint density at radius 3 is 2.80 bits per heavy atom. The van der Waals surface area contributed by atoms with Crippen molar-refractivity contribution < 1.29 is 13.5 Å². The van der Waals surface area contributed by atoms with E-state index < -0.39 is 10.0 Å². The lowest BCUT2D eigenvalue weighted by atomic mass is 10.3. The molecular formula is C13H22N2O3S2. The Bertz CT molecular complexity index is 536. The Morgan fingerprint density at radius 1 is 1.45 bits per heavy atom. The molecule has 2 N–H and O–H groups in total. The van der Waals surface area contributed by atoms with E-state index in [0.29, 0.717) is 18.3 Å². The molecule has 1 aromatic rings. The van der Waals surface area contributed by atoms with Gasteiger partial charge in [0.05, 0.1) is 11.5 Å². The maximum Gasteiger partial charge on any atom is 0.242 e. The van der Waals surface area contributed by atoms with E-state index in [-0.39, 0.29) is 11.5 Å². The average Bonchev–Trinajstić information content (AvgIpc) is 3.17. The minimum atomic E-state index is -3.45. The Hall–Kier alpha value is -0.500. The molecule has 0 amide bonds. The molecule has 0 unspecified atom stereocenters. The van der Waals surface area contributed by atoms with E-state index in [1.165, 1.54) is 0 Å². The SMILES string of the molecule is CSCCCCNS(=O)(=O)c1cc(CO)n(C2CC2)c1. The van der Waals surface area contributed by atoms with Crippen LogP contribution in [0.4, 0.5) is 0 Å². The molecule has 1 heterocycles. The summed E-state index contributed by atoms with van der Waals surface area (Å²) in [6.45, 7) is 0.339. The van der Waals surface area contributed by atoms with Gasteiger partial charge in [-0.3, -0.25) is 0 Å². The summed E-state index contributed by atoms with van der Waals surface area (Å²) in [5, 5.41) is 9.31. The summed E-state index contributed by atoms with van der Waals surface area (Å²) in [7, 11) is -3.45. The quantitative estimate of drug-likeness (QED) is 0.680. The van der Waals surface area contributed by atoms with Crippen LogP contribution in [0.25, 0.3) is 0 Å². The predicted octanol–water partition coefficient (Wildman–Crippen LogP) is 1.74. The molecule has 2 rings (SSSR count). The first kappa shape index (κ1) is 15.9. The molecule has 0 radical (unpaired) electrons. The van der Waals surface area contributed by atoms with Crippen LogP contribution < -0.4 is 4.72 Å². The highest BCUT2D eigenvalue weighted by atomic mass is 32.2. The van der Waals surface area contributed by atoms with Crippen LogP contribution in [-0.4, -0.2) is 36.6 Å². The number of hydrogen-bond donors (Lipinski definition) is 2. The van der Waals surface area contributed by atoms with E-state index in [4.69, 9.17) is 0 Å². The Labute approximate surface area is 124 Å². The van der Waals surface area contributed by atoms with Gasteiger partial charge >= 0.3 is 0 Å². The topological polar surface area (TPSA) is 71.3 Å². The van der Waals surface area contributed by atoms with Crippen molar-refractivity contribution in [1.29, 1.82) is 0 Å². The van der Waals surface area contributed by atoms with Gasteiger partial charge in [-0.1, -0.05) is 0 Å². The first-order valence-corrected chi connectivity index (χ1v) is 9.76. The second-order valence-electron chi connectivity index (χ2n) is 5.06. The van der Waals surface area contributed by atoms with Gasteiger partial charge in [-0.25, -0.2) is 13.1 Å². The fraction of sp³-hybridized carbons (Fsp3) is 0.692. The molecule has 0 spiro atoms. The van der Waals surface area contributed by atoms with Crippen LogP contribution in [-0.2, 0) is 16.6 Å². The van der Waals surface area contributed by atoms with Crippen LogP contribution in [0.1, 0.15) is 37.4 Å². The van der Waals surface area contributed by atoms with Gasteiger partial charge in [0, 0.05) is 24.5 Å². The molecule has 7 heteroatoms. The van der Waals surface area contributed by atoms with E-state index in [2.05, 4.69) is 4.72 Å². The van der Waals surface area contributed by atoms with Crippen LogP contribution in [0.5, 0.6) is 0 Å². The first-order valence-electron chi connectivity index (χ1n) is 6.88. The third kappa shape index (κ3) is 4.00. The summed E-state index contributed by atoms with van der Waals surface area (Å²) in [5.74, 6) is 1.05. The van der Waals surface area contributed by atoms with Crippen LogP contribution in [0.3, 0.4) is 0 Å². The number of sulfonamides is 1. The lowest BCUT2D eigenvalue weighted by Gasteiger charge is -2.05. The standard InChI is InChI=1S/C13H22N2O3S2/c1-19-7-3-2-6-14-20(17,18)13-8-12(10-16)15(9-13)11-4-5-11/h8-9,11,14,16H,2-7,10H2,1H3. The van der Waals surface area contributed by atoms with Crippen LogP contribution in [0, 0.1) is 0 Å². The maximum atomic E-state index is 12.2. The Morgan fingerprint density at radius 2 is 2.20 bits per heavy atom. The molecule has 1 fully saturated rings. The number of nitrogens with one attached hydrogen (secondary N) is 1. The molecule has 0 saturated heterocycles. The number of nitrogens with zero attached hydrogens (tertiary/aromatic N) is 1. The van der Waals surface area contributed by atoms with E-state index in [1.54, 1.807) is 24.0 Å². The minimum Gasteiger partial charge on any atom is -0.390 e. The van der Waals surface area contributed by atoms with Gasteiger partial charge in [-0.2, -0.15) is 11.8 Å². The van der Waals surface area contributed by atoms with Crippen molar-refractivity contribution in [2.24, 2.45) is 0 Å². The fourth-order valence-electron chi connectivity index (χ4n) is 2.12. The molecule has 0 bridgehead atoms. The lowest BCUT2D eigenvalue weighted by molar-refractivity contribution is 0.270. The van der Waals surface area contributed by atoms with Crippen molar-refractivity contribution in [2.75, 3.05) is 18.6 Å². The summed E-state index contributed by atoms with van der Waals surface area (Å²) in [4.78, 5) is 0.262. The van der Waals surface area contributed by atoms with E-state index in [9.17, 15) is 13.5 Å². The van der Waals surface area contributed by atoms with Crippen molar-refractivity contribution in [1.82, 2.24) is 9.29 Å². The van der Waals surface area contributed by atoms with Crippen molar-refractivity contribution in [3.05, 3.63) is 18.0 Å². The van der Waals surface area contributed by atoms with Gasteiger partial charge in [0.25, 0.3) is 0 Å². The molecular weight excluding hydrogens is 296 g/mol. The summed E-state index contributed by atoms with van der Waals surface area (Å²) in [6.07, 6.45) is 7.66. The largest absolute Gasteiger partial charge is 0.390 e. The molecule has 114 valence electrons. The van der Waals surface area contributed by atoms with Crippen molar-refractivity contribution >= 4 is 21.8 Å². The minimum absolute atomic E-state index is 0.125. The van der Waals surface area contributed by atoms with Crippen molar-refractivity contribution in [3.8, 4) is 0 Å². The summed E-state index contributed by atoms with van der Waals surface area (Å²) in [6, 6.07) is 1.94. The van der Waals surface area contributed by atoms with Gasteiger partial charge in [0.15, 0.2) is 0 Å². The average molecular weight is 318 g/mol. The zero-order valence-corrected chi connectivity index (χ0v) is 13.3. The number of aliphatic hydroxyl groups is 1. The number of rotatable bonds is 9. The van der Waals surface area contributed by atoms with Gasteiger partial charge in [0.1, 0.15) is 0 Å². The number of hydrogen-bond acceptors (Lipinski definition) is 4. The molecule has 1 aromatic heterocycles. The van der Waals surface area contributed by atoms with E-state index in [0.717, 1.165) is 31.4 Å². The lowest BCUT2D eigenvalue weighted by Crippen LogP contribution is -2.24. The van der Waals surface area contributed by atoms with Crippen molar-refractivity contribution in [2.45, 2.75) is 43.2 Å². The maximum absolute atomic E-state index is 12.2. The predicted molar refractivity (Wildman–Crippen MR) is 81.4 cm³/mol. The monoisotopic (exact) mass is 318 g/mol. The second kappa shape index (κ2) is 6.98. The smallest absolute Gasteiger partial charge is 0.242 e. The molecule has 1 aliphatic rings. The third-order valence-corrected chi connectivity index (χ3v) is 5.51. The summed E-state index contributed by atoms with van der Waals surface area (Å²) >= 11 is 1.77. The van der Waals surface area contributed by atoms with Gasteiger partial charge in [-0.15, -0.1) is 0 Å². The summed E-state index contributed by atoms with van der Waals surface area (Å²) in [5.41, 5.74) is 0.676. The third-order valence-electron chi connectivity index (χ3n) is 3.39. The van der Waals surface area contributed by atoms with Crippen molar-refractivity contribution in [3.63, 3.8) is 0 Å².